The maximum absolute atomic E-state index is 5.82. The molecule has 0 aliphatic heterocycles. The molecule has 0 amide bonds. The van der Waals surface area contributed by atoms with Crippen molar-refractivity contribution in [3.8, 4) is 23.1 Å². The van der Waals surface area contributed by atoms with Crippen LogP contribution in [0.1, 0.15) is 12.5 Å². The van der Waals surface area contributed by atoms with Crippen LogP contribution in [-0.4, -0.2) is 24.2 Å². The molecule has 3 N–H and O–H groups in total. The number of hydrogen-bond acceptors (Lipinski definition) is 7. The van der Waals surface area contributed by atoms with Crippen LogP contribution in [0.5, 0.6) is 23.1 Å². The minimum Gasteiger partial charge on any atom is -0.496 e. The van der Waals surface area contributed by atoms with E-state index in [1.165, 1.54) is 6.33 Å². The molecular formula is C14H18N4O3. The van der Waals surface area contributed by atoms with E-state index in [1.807, 2.05) is 6.92 Å². The molecule has 1 aromatic carbocycles. The molecule has 21 heavy (non-hydrogen) atoms. The summed E-state index contributed by atoms with van der Waals surface area (Å²) in [7, 11) is 3.16. The monoisotopic (exact) mass is 290 g/mol. The molecule has 0 radical (unpaired) electrons. The number of nitrogen functional groups attached to an aromatic ring is 1. The normalized spacial score (nSPS) is 10.1. The predicted octanol–water partition coefficient (Wildman–Crippen LogP) is 2.13. The molecule has 0 bridgehead atoms. The van der Waals surface area contributed by atoms with Crippen LogP contribution in [0, 0.1) is 0 Å². The van der Waals surface area contributed by atoms with Gasteiger partial charge in [-0.2, -0.15) is 0 Å². The third-order valence-corrected chi connectivity index (χ3v) is 2.94. The Kier molecular flexibility index (Phi) is 4.78. The van der Waals surface area contributed by atoms with Crippen molar-refractivity contribution >= 4 is 5.82 Å². The summed E-state index contributed by atoms with van der Waals surface area (Å²) in [5.74, 6) is 8.25. The van der Waals surface area contributed by atoms with Crippen LogP contribution in [-0.2, 0) is 6.42 Å². The lowest BCUT2D eigenvalue weighted by Gasteiger charge is -2.13. The van der Waals surface area contributed by atoms with Crippen molar-refractivity contribution in [1.29, 1.82) is 0 Å². The number of aromatic nitrogens is 2. The van der Waals surface area contributed by atoms with Gasteiger partial charge in [-0.1, -0.05) is 6.92 Å². The Hall–Kier alpha value is -2.54. The molecule has 0 atom stereocenters. The van der Waals surface area contributed by atoms with Crippen LogP contribution < -0.4 is 25.5 Å². The number of benzene rings is 1. The number of hydrogen-bond donors (Lipinski definition) is 2. The Morgan fingerprint density at radius 2 is 1.67 bits per heavy atom. The Morgan fingerprint density at radius 3 is 2.19 bits per heavy atom. The van der Waals surface area contributed by atoms with E-state index in [-0.39, 0.29) is 0 Å². The van der Waals surface area contributed by atoms with Gasteiger partial charge in [-0.25, -0.2) is 15.8 Å². The summed E-state index contributed by atoms with van der Waals surface area (Å²) in [6, 6.07) is 5.26. The summed E-state index contributed by atoms with van der Waals surface area (Å²) < 4.78 is 16.2. The van der Waals surface area contributed by atoms with E-state index in [0.29, 0.717) is 35.4 Å². The van der Waals surface area contributed by atoms with Crippen LogP contribution in [0.4, 0.5) is 5.82 Å². The molecule has 2 aromatic rings. The van der Waals surface area contributed by atoms with Crippen molar-refractivity contribution in [2.75, 3.05) is 19.6 Å². The van der Waals surface area contributed by atoms with Crippen molar-refractivity contribution in [2.24, 2.45) is 5.84 Å². The fraction of sp³-hybridized carbons (Fsp3) is 0.286. The molecule has 2 rings (SSSR count). The number of hydrazine groups is 1. The van der Waals surface area contributed by atoms with Gasteiger partial charge in [0, 0.05) is 18.2 Å². The van der Waals surface area contributed by atoms with Gasteiger partial charge < -0.3 is 19.6 Å². The van der Waals surface area contributed by atoms with Gasteiger partial charge in [0.15, 0.2) is 0 Å². The highest BCUT2D eigenvalue weighted by Crippen LogP contribution is 2.32. The van der Waals surface area contributed by atoms with Gasteiger partial charge in [0.05, 0.1) is 19.8 Å². The number of methoxy groups -OCH3 is 2. The second-order valence-corrected chi connectivity index (χ2v) is 4.15. The van der Waals surface area contributed by atoms with Crippen molar-refractivity contribution in [1.82, 2.24) is 9.97 Å². The third-order valence-electron chi connectivity index (χ3n) is 2.94. The first-order valence-electron chi connectivity index (χ1n) is 6.43. The topological polar surface area (TPSA) is 91.5 Å². The molecular weight excluding hydrogens is 272 g/mol. The number of anilines is 1. The molecule has 0 fully saturated rings. The maximum Gasteiger partial charge on any atom is 0.227 e. The molecule has 0 aliphatic carbocycles. The van der Waals surface area contributed by atoms with Crippen LogP contribution >= 0.6 is 0 Å². The number of nitrogens with two attached hydrogens (primary N) is 1. The van der Waals surface area contributed by atoms with E-state index >= 15 is 0 Å². The lowest BCUT2D eigenvalue weighted by molar-refractivity contribution is 0.384. The average Bonchev–Trinajstić information content (AvgIpc) is 2.54. The Morgan fingerprint density at radius 1 is 1.05 bits per heavy atom. The Balaban J connectivity index is 2.38. The molecule has 7 nitrogen and oxygen atoms in total. The Labute approximate surface area is 123 Å². The fourth-order valence-electron chi connectivity index (χ4n) is 1.88. The highest BCUT2D eigenvalue weighted by atomic mass is 16.5. The summed E-state index contributed by atoms with van der Waals surface area (Å²) in [4.78, 5) is 8.22. The first-order valence-corrected chi connectivity index (χ1v) is 6.43. The smallest absolute Gasteiger partial charge is 0.227 e. The summed E-state index contributed by atoms with van der Waals surface area (Å²) in [6.07, 6.45) is 2.07. The molecule has 7 heteroatoms. The van der Waals surface area contributed by atoms with Gasteiger partial charge in [-0.3, -0.25) is 0 Å². The van der Waals surface area contributed by atoms with Crippen molar-refractivity contribution in [3.63, 3.8) is 0 Å². The fourth-order valence-corrected chi connectivity index (χ4v) is 1.88. The van der Waals surface area contributed by atoms with Crippen molar-refractivity contribution in [2.45, 2.75) is 13.3 Å². The molecule has 0 aliphatic rings. The zero-order chi connectivity index (χ0) is 15.2. The van der Waals surface area contributed by atoms with Gasteiger partial charge in [-0.15, -0.1) is 0 Å². The highest BCUT2D eigenvalue weighted by molar-refractivity contribution is 5.50. The second-order valence-electron chi connectivity index (χ2n) is 4.15. The van der Waals surface area contributed by atoms with E-state index in [1.54, 1.807) is 32.4 Å². The van der Waals surface area contributed by atoms with Crippen LogP contribution in [0.3, 0.4) is 0 Å². The molecule has 0 saturated carbocycles. The van der Waals surface area contributed by atoms with Crippen LogP contribution in [0.25, 0.3) is 0 Å². The standard InChI is InChI=1S/C14H18N4O3/c1-4-12-13(18-15)16-8-17-14(12)21-11-6-9(19-2)5-10(7-11)20-3/h5-8H,4,15H2,1-3H3,(H,16,17,18). The Bertz CT molecular complexity index is 597. The van der Waals surface area contributed by atoms with Gasteiger partial charge in [-0.05, 0) is 6.42 Å². The lowest BCUT2D eigenvalue weighted by Crippen LogP contribution is -2.12. The van der Waals surface area contributed by atoms with Gasteiger partial charge in [0.25, 0.3) is 0 Å². The molecule has 1 aromatic heterocycles. The number of nitrogens with one attached hydrogen (secondary N) is 1. The number of nitrogens with zero attached hydrogens (tertiary/aromatic N) is 2. The molecule has 1 heterocycles. The lowest BCUT2D eigenvalue weighted by atomic mass is 10.2. The van der Waals surface area contributed by atoms with Gasteiger partial charge in [0.2, 0.25) is 5.88 Å². The first-order chi connectivity index (χ1) is 10.2. The van der Waals surface area contributed by atoms with E-state index < -0.39 is 0 Å². The van der Waals surface area contributed by atoms with Crippen LogP contribution in [0.15, 0.2) is 24.5 Å². The minimum atomic E-state index is 0.441. The predicted molar refractivity (Wildman–Crippen MR) is 78.8 cm³/mol. The van der Waals surface area contributed by atoms with E-state index in [4.69, 9.17) is 20.1 Å². The number of ether oxygens (including phenoxy) is 3. The van der Waals surface area contributed by atoms with Gasteiger partial charge in [0.1, 0.15) is 29.4 Å². The molecule has 0 unspecified atom stereocenters. The SMILES string of the molecule is CCc1c(NN)ncnc1Oc1cc(OC)cc(OC)c1. The quantitative estimate of drug-likeness (QED) is 0.622. The summed E-state index contributed by atoms with van der Waals surface area (Å²) in [5, 5.41) is 0. The zero-order valence-electron chi connectivity index (χ0n) is 12.2. The van der Waals surface area contributed by atoms with Crippen LogP contribution in [0.2, 0.25) is 0 Å². The minimum absolute atomic E-state index is 0.441. The number of rotatable bonds is 6. The highest BCUT2D eigenvalue weighted by Gasteiger charge is 2.12. The largest absolute Gasteiger partial charge is 0.496 e. The van der Waals surface area contributed by atoms with Crippen molar-refractivity contribution in [3.05, 3.63) is 30.1 Å². The van der Waals surface area contributed by atoms with E-state index in [0.717, 1.165) is 5.56 Å². The molecule has 0 spiro atoms. The summed E-state index contributed by atoms with van der Waals surface area (Å²) in [5.41, 5.74) is 3.33. The zero-order valence-corrected chi connectivity index (χ0v) is 12.2. The average molecular weight is 290 g/mol. The van der Waals surface area contributed by atoms with E-state index in [9.17, 15) is 0 Å². The summed E-state index contributed by atoms with van der Waals surface area (Å²) >= 11 is 0. The van der Waals surface area contributed by atoms with E-state index in [2.05, 4.69) is 15.4 Å². The maximum atomic E-state index is 5.82. The molecule has 112 valence electrons. The second kappa shape index (κ2) is 6.76. The molecule has 0 saturated heterocycles. The third kappa shape index (κ3) is 3.32. The van der Waals surface area contributed by atoms with Crippen molar-refractivity contribution < 1.29 is 14.2 Å². The van der Waals surface area contributed by atoms with Gasteiger partial charge >= 0.3 is 0 Å². The summed E-state index contributed by atoms with van der Waals surface area (Å²) in [6.45, 7) is 1.97. The first kappa shape index (κ1) is 14.9.